The third-order valence-corrected chi connectivity index (χ3v) is 5.28. The van der Waals surface area contributed by atoms with Crippen molar-refractivity contribution in [1.29, 1.82) is 5.26 Å². The van der Waals surface area contributed by atoms with E-state index in [0.717, 1.165) is 5.69 Å². The molecule has 23 heavy (non-hydrogen) atoms. The normalized spacial score (nSPS) is 12.9. The lowest BCUT2D eigenvalue weighted by Crippen LogP contribution is -2.23. The third-order valence-electron chi connectivity index (χ3n) is 3.15. The van der Waals surface area contributed by atoms with E-state index in [0.29, 0.717) is 17.9 Å². The zero-order chi connectivity index (χ0) is 16.7. The van der Waals surface area contributed by atoms with Gasteiger partial charge in [0.05, 0.1) is 18.2 Å². The second-order valence-corrected chi connectivity index (χ2v) is 6.53. The number of para-hydroxylation sites is 1. The first kappa shape index (κ1) is 17.1. The monoisotopic (exact) mass is 330 g/mol. The van der Waals surface area contributed by atoms with Crippen molar-refractivity contribution in [3.05, 3.63) is 60.2 Å². The number of benzene rings is 2. The van der Waals surface area contributed by atoms with Crippen LogP contribution in [0.15, 0.2) is 54.6 Å². The Morgan fingerprint density at radius 2 is 1.74 bits per heavy atom. The number of hydrogen-bond donors (Lipinski definition) is 0. The highest BCUT2D eigenvalue weighted by Gasteiger charge is 2.34. The first-order chi connectivity index (χ1) is 11.1. The van der Waals surface area contributed by atoms with Gasteiger partial charge >= 0.3 is 7.75 Å². The molecule has 0 fully saturated rings. The van der Waals surface area contributed by atoms with Crippen molar-refractivity contribution in [3.63, 3.8) is 0 Å². The number of anilines is 1. The van der Waals surface area contributed by atoms with Gasteiger partial charge in [0.25, 0.3) is 0 Å². The van der Waals surface area contributed by atoms with Crippen LogP contribution in [0.4, 0.5) is 5.69 Å². The van der Waals surface area contributed by atoms with Crippen LogP contribution in [0.3, 0.4) is 0 Å². The molecule has 0 saturated heterocycles. The van der Waals surface area contributed by atoms with Crippen LogP contribution in [-0.4, -0.2) is 13.2 Å². The van der Waals surface area contributed by atoms with E-state index in [2.05, 4.69) is 0 Å². The van der Waals surface area contributed by atoms with E-state index < -0.39 is 7.75 Å². The van der Waals surface area contributed by atoms with E-state index in [4.69, 9.17) is 14.3 Å². The fraction of sp³-hybridized carbons (Fsp3) is 0.235. The van der Waals surface area contributed by atoms with Crippen LogP contribution < -0.4 is 9.19 Å². The van der Waals surface area contributed by atoms with Crippen LogP contribution in [0.1, 0.15) is 19.4 Å². The Morgan fingerprint density at radius 3 is 2.26 bits per heavy atom. The van der Waals surface area contributed by atoms with E-state index >= 15 is 0 Å². The highest BCUT2D eigenvalue weighted by molar-refractivity contribution is 7.56. The fourth-order valence-electron chi connectivity index (χ4n) is 2.13. The van der Waals surface area contributed by atoms with Gasteiger partial charge in [-0.2, -0.15) is 5.26 Å². The van der Waals surface area contributed by atoms with E-state index in [1.807, 2.05) is 43.3 Å². The first-order valence-corrected chi connectivity index (χ1v) is 8.90. The van der Waals surface area contributed by atoms with Crippen molar-refractivity contribution in [2.45, 2.75) is 13.8 Å². The third kappa shape index (κ3) is 4.13. The fourth-order valence-corrected chi connectivity index (χ4v) is 3.90. The minimum Gasteiger partial charge on any atom is -0.409 e. The summed E-state index contributed by atoms with van der Waals surface area (Å²) in [6, 6.07) is 17.8. The SMILES string of the molecule is CCOP(=O)(Oc1ccc(C#N)cc1)N(CC)c1ccccc1. The summed E-state index contributed by atoms with van der Waals surface area (Å²) >= 11 is 0. The Hall–Kier alpha value is -2.28. The maximum atomic E-state index is 13.3. The largest absolute Gasteiger partial charge is 0.489 e. The van der Waals surface area contributed by atoms with E-state index in [1.54, 1.807) is 35.9 Å². The first-order valence-electron chi connectivity index (χ1n) is 7.40. The van der Waals surface area contributed by atoms with Crippen molar-refractivity contribution in [1.82, 2.24) is 0 Å². The van der Waals surface area contributed by atoms with Gasteiger partial charge in [-0.1, -0.05) is 18.2 Å². The molecule has 2 rings (SSSR count). The molecule has 0 aliphatic carbocycles. The van der Waals surface area contributed by atoms with Crippen LogP contribution in [0, 0.1) is 11.3 Å². The Balaban J connectivity index is 2.33. The predicted molar refractivity (Wildman–Crippen MR) is 90.5 cm³/mol. The molecule has 1 atom stereocenters. The molecule has 0 amide bonds. The van der Waals surface area contributed by atoms with Crippen molar-refractivity contribution in [2.75, 3.05) is 17.8 Å². The number of hydrogen-bond acceptors (Lipinski definition) is 4. The van der Waals surface area contributed by atoms with Gasteiger partial charge < -0.3 is 4.52 Å². The lowest BCUT2D eigenvalue weighted by molar-refractivity contribution is 0.276. The minimum absolute atomic E-state index is 0.261. The quantitative estimate of drug-likeness (QED) is 0.694. The molecule has 120 valence electrons. The predicted octanol–water partition coefficient (Wildman–Crippen LogP) is 4.61. The Kier molecular flexibility index (Phi) is 5.81. The average Bonchev–Trinajstić information content (AvgIpc) is 2.57. The maximum absolute atomic E-state index is 13.3. The second-order valence-electron chi connectivity index (χ2n) is 4.67. The molecule has 0 aromatic heterocycles. The van der Waals surface area contributed by atoms with Gasteiger partial charge in [-0.05, 0) is 50.2 Å². The molecular formula is C17H19N2O3P. The van der Waals surface area contributed by atoms with Crippen molar-refractivity contribution >= 4 is 13.4 Å². The molecule has 5 nitrogen and oxygen atoms in total. The molecule has 0 radical (unpaired) electrons. The average molecular weight is 330 g/mol. The molecule has 0 N–H and O–H groups in total. The molecule has 0 bridgehead atoms. The number of rotatable bonds is 7. The smallest absolute Gasteiger partial charge is 0.409 e. The summed E-state index contributed by atoms with van der Waals surface area (Å²) in [5.74, 6) is 0.398. The topological polar surface area (TPSA) is 62.6 Å². The van der Waals surface area contributed by atoms with Crippen LogP contribution in [-0.2, 0) is 9.09 Å². The van der Waals surface area contributed by atoms with Crippen LogP contribution in [0.2, 0.25) is 0 Å². The Morgan fingerprint density at radius 1 is 1.09 bits per heavy atom. The summed E-state index contributed by atoms with van der Waals surface area (Å²) in [7, 11) is -3.55. The molecule has 0 spiro atoms. The summed E-state index contributed by atoms with van der Waals surface area (Å²) in [4.78, 5) is 0. The van der Waals surface area contributed by atoms with Crippen LogP contribution >= 0.6 is 7.75 Å². The van der Waals surface area contributed by atoms with Crippen molar-refractivity contribution < 1.29 is 13.6 Å². The molecule has 0 saturated carbocycles. The molecular weight excluding hydrogens is 311 g/mol. The minimum atomic E-state index is -3.55. The molecule has 1 unspecified atom stereocenters. The van der Waals surface area contributed by atoms with Gasteiger partial charge in [-0.25, -0.2) is 4.57 Å². The van der Waals surface area contributed by atoms with Crippen molar-refractivity contribution in [3.8, 4) is 11.8 Å². The van der Waals surface area contributed by atoms with Crippen LogP contribution in [0.25, 0.3) is 0 Å². The zero-order valence-corrected chi connectivity index (χ0v) is 14.1. The molecule has 2 aromatic carbocycles. The lowest BCUT2D eigenvalue weighted by atomic mass is 10.2. The van der Waals surface area contributed by atoms with E-state index in [1.165, 1.54) is 0 Å². The van der Waals surface area contributed by atoms with Crippen LogP contribution in [0.5, 0.6) is 5.75 Å². The number of nitriles is 1. The van der Waals surface area contributed by atoms with E-state index in [-0.39, 0.29) is 6.61 Å². The van der Waals surface area contributed by atoms with Gasteiger partial charge in [0.2, 0.25) is 0 Å². The highest BCUT2D eigenvalue weighted by atomic mass is 31.2. The van der Waals surface area contributed by atoms with E-state index in [9.17, 15) is 4.57 Å². The van der Waals surface area contributed by atoms with Gasteiger partial charge in [0, 0.05) is 12.2 Å². The standard InChI is InChI=1S/C17H19N2O3P/c1-3-19(16-8-6-5-7-9-16)23(20,21-4-2)22-17-12-10-15(14-18)11-13-17/h5-13H,3-4H2,1-2H3. The number of nitrogens with zero attached hydrogens (tertiary/aromatic N) is 2. The van der Waals surface area contributed by atoms with Gasteiger partial charge in [-0.3, -0.25) is 9.19 Å². The molecule has 0 heterocycles. The lowest BCUT2D eigenvalue weighted by Gasteiger charge is -2.30. The zero-order valence-electron chi connectivity index (χ0n) is 13.2. The summed E-state index contributed by atoms with van der Waals surface area (Å²) in [6.45, 7) is 4.39. The van der Waals surface area contributed by atoms with Gasteiger partial charge in [-0.15, -0.1) is 0 Å². The summed E-state index contributed by atoms with van der Waals surface area (Å²) in [6.07, 6.45) is 0. The van der Waals surface area contributed by atoms with Gasteiger partial charge in [0.1, 0.15) is 5.75 Å². The molecule has 6 heteroatoms. The molecule has 0 aliphatic rings. The second kappa shape index (κ2) is 7.82. The Bertz CT molecular complexity index is 711. The molecule has 2 aromatic rings. The highest BCUT2D eigenvalue weighted by Crippen LogP contribution is 2.53. The van der Waals surface area contributed by atoms with Crippen molar-refractivity contribution in [2.24, 2.45) is 0 Å². The Labute approximate surface area is 136 Å². The summed E-state index contributed by atoms with van der Waals surface area (Å²) in [5.41, 5.74) is 1.28. The summed E-state index contributed by atoms with van der Waals surface area (Å²) < 4.78 is 26.1. The van der Waals surface area contributed by atoms with Gasteiger partial charge in [0.15, 0.2) is 0 Å². The maximum Gasteiger partial charge on any atom is 0.489 e. The summed E-state index contributed by atoms with van der Waals surface area (Å²) in [5, 5.41) is 8.84. The molecule has 0 aliphatic heterocycles.